The van der Waals surface area contributed by atoms with Crippen molar-refractivity contribution in [3.63, 3.8) is 0 Å². The molecule has 2 aromatic heterocycles. The van der Waals surface area contributed by atoms with Gasteiger partial charge < -0.3 is 19.8 Å². The molecule has 2 N–H and O–H groups in total. The zero-order valence-corrected chi connectivity index (χ0v) is 14.4. The number of carbonyl (C=O) groups is 1. The van der Waals surface area contributed by atoms with Crippen LogP contribution < -0.4 is 10.6 Å². The fourth-order valence-electron chi connectivity index (χ4n) is 2.83. The Kier molecular flexibility index (Phi) is 5.11. The first kappa shape index (κ1) is 16.5. The summed E-state index contributed by atoms with van der Waals surface area (Å²) in [6, 6.07) is 9.70. The summed E-state index contributed by atoms with van der Waals surface area (Å²) in [5.74, 6) is 0. The minimum Gasteiger partial charge on any atom is -0.353 e. The van der Waals surface area contributed by atoms with Crippen LogP contribution in [0.25, 0.3) is 10.9 Å². The molecule has 3 aromatic rings. The summed E-state index contributed by atoms with van der Waals surface area (Å²) >= 11 is 6.05. The van der Waals surface area contributed by atoms with Gasteiger partial charge in [0.05, 0.1) is 0 Å². The SMILES string of the molecule is Cn1cc(CCNC(=O)NCCn2cccc2)c2ccc(Cl)cc21. The van der Waals surface area contributed by atoms with Crippen LogP contribution in [0.2, 0.25) is 5.02 Å². The van der Waals surface area contributed by atoms with Gasteiger partial charge in [-0.15, -0.1) is 0 Å². The minimum absolute atomic E-state index is 0.134. The van der Waals surface area contributed by atoms with Crippen LogP contribution in [-0.4, -0.2) is 28.3 Å². The van der Waals surface area contributed by atoms with Crippen LogP contribution in [0.5, 0.6) is 0 Å². The first-order chi connectivity index (χ1) is 11.6. The van der Waals surface area contributed by atoms with Crippen molar-refractivity contribution in [1.82, 2.24) is 19.8 Å². The van der Waals surface area contributed by atoms with E-state index in [2.05, 4.69) is 21.4 Å². The molecule has 1 aromatic carbocycles. The Labute approximate surface area is 146 Å². The molecule has 126 valence electrons. The molecular formula is C18H21ClN4O. The molecule has 24 heavy (non-hydrogen) atoms. The third kappa shape index (κ3) is 3.92. The van der Waals surface area contributed by atoms with Crippen molar-refractivity contribution in [3.05, 3.63) is 59.5 Å². The van der Waals surface area contributed by atoms with E-state index in [1.165, 1.54) is 10.9 Å². The monoisotopic (exact) mass is 344 g/mol. The average molecular weight is 345 g/mol. The quantitative estimate of drug-likeness (QED) is 0.709. The van der Waals surface area contributed by atoms with Crippen molar-refractivity contribution in [1.29, 1.82) is 0 Å². The molecule has 0 unspecified atom stereocenters. The van der Waals surface area contributed by atoms with Crippen LogP contribution in [0, 0.1) is 0 Å². The number of urea groups is 1. The first-order valence-corrected chi connectivity index (χ1v) is 8.37. The molecule has 0 spiro atoms. The normalized spacial score (nSPS) is 10.9. The molecule has 2 heterocycles. The van der Waals surface area contributed by atoms with E-state index in [0.717, 1.165) is 23.5 Å². The molecule has 0 aliphatic rings. The summed E-state index contributed by atoms with van der Waals surface area (Å²) in [7, 11) is 2.00. The van der Waals surface area contributed by atoms with Crippen LogP contribution in [0.1, 0.15) is 5.56 Å². The minimum atomic E-state index is -0.134. The Morgan fingerprint density at radius 2 is 1.92 bits per heavy atom. The van der Waals surface area contributed by atoms with Gasteiger partial charge in [-0.3, -0.25) is 0 Å². The molecule has 0 saturated heterocycles. The van der Waals surface area contributed by atoms with E-state index in [1.54, 1.807) is 0 Å². The van der Waals surface area contributed by atoms with Gasteiger partial charge in [-0.2, -0.15) is 0 Å². The topological polar surface area (TPSA) is 51.0 Å². The summed E-state index contributed by atoms with van der Waals surface area (Å²) in [6.45, 7) is 1.97. The second-order valence-corrected chi connectivity index (χ2v) is 6.22. The molecule has 5 nitrogen and oxygen atoms in total. The number of halogens is 1. The van der Waals surface area contributed by atoms with E-state index < -0.39 is 0 Å². The van der Waals surface area contributed by atoms with Crippen LogP contribution >= 0.6 is 11.6 Å². The van der Waals surface area contributed by atoms with Crippen molar-refractivity contribution in [3.8, 4) is 0 Å². The first-order valence-electron chi connectivity index (χ1n) is 7.99. The van der Waals surface area contributed by atoms with Crippen LogP contribution in [-0.2, 0) is 20.0 Å². The van der Waals surface area contributed by atoms with E-state index in [4.69, 9.17) is 11.6 Å². The predicted molar refractivity (Wildman–Crippen MR) is 97.5 cm³/mol. The largest absolute Gasteiger partial charge is 0.353 e. The lowest BCUT2D eigenvalue weighted by Gasteiger charge is -2.08. The Balaban J connectivity index is 1.47. The molecule has 2 amide bonds. The molecule has 0 aliphatic heterocycles. The van der Waals surface area contributed by atoms with E-state index in [0.29, 0.717) is 13.1 Å². The number of fused-ring (bicyclic) bond motifs is 1. The zero-order chi connectivity index (χ0) is 16.9. The van der Waals surface area contributed by atoms with Gasteiger partial charge in [-0.05, 0) is 36.2 Å². The molecule has 0 atom stereocenters. The maximum Gasteiger partial charge on any atom is 0.314 e. The van der Waals surface area contributed by atoms with Crippen molar-refractivity contribution >= 4 is 28.5 Å². The van der Waals surface area contributed by atoms with Gasteiger partial charge in [0.2, 0.25) is 0 Å². The molecule has 0 bridgehead atoms. The summed E-state index contributed by atoms with van der Waals surface area (Å²) in [6.07, 6.45) is 6.83. The number of aromatic nitrogens is 2. The highest BCUT2D eigenvalue weighted by Gasteiger charge is 2.07. The highest BCUT2D eigenvalue weighted by Crippen LogP contribution is 2.24. The van der Waals surface area contributed by atoms with Crippen LogP contribution in [0.4, 0.5) is 4.79 Å². The second kappa shape index (κ2) is 7.45. The predicted octanol–water partition coefficient (Wildman–Crippen LogP) is 3.18. The molecule has 6 heteroatoms. The summed E-state index contributed by atoms with van der Waals surface area (Å²) < 4.78 is 4.09. The van der Waals surface area contributed by atoms with E-state index >= 15 is 0 Å². The van der Waals surface area contributed by atoms with E-state index in [9.17, 15) is 4.79 Å². The number of amides is 2. The number of hydrogen-bond acceptors (Lipinski definition) is 1. The Hall–Kier alpha value is -2.40. The summed E-state index contributed by atoms with van der Waals surface area (Å²) in [5, 5.41) is 7.67. The smallest absolute Gasteiger partial charge is 0.314 e. The van der Waals surface area contributed by atoms with Crippen LogP contribution in [0.3, 0.4) is 0 Å². The maximum absolute atomic E-state index is 11.8. The molecule has 0 aliphatic carbocycles. The van der Waals surface area contributed by atoms with Gasteiger partial charge in [0.25, 0.3) is 0 Å². The number of rotatable bonds is 6. The average Bonchev–Trinajstić information content (AvgIpc) is 3.16. The Morgan fingerprint density at radius 1 is 1.17 bits per heavy atom. The number of benzene rings is 1. The standard InChI is InChI=1S/C18H21ClN4O/c1-22-13-14(16-5-4-15(19)12-17(16)22)6-7-20-18(24)21-8-11-23-9-2-3-10-23/h2-5,9-10,12-13H,6-8,11H2,1H3,(H2,20,21,24). The molecular weight excluding hydrogens is 324 g/mol. The van der Waals surface area contributed by atoms with Gasteiger partial charge >= 0.3 is 6.03 Å². The number of nitrogens with one attached hydrogen (secondary N) is 2. The zero-order valence-electron chi connectivity index (χ0n) is 13.6. The van der Waals surface area contributed by atoms with Crippen molar-refractivity contribution in [2.24, 2.45) is 7.05 Å². The van der Waals surface area contributed by atoms with Crippen molar-refractivity contribution in [2.45, 2.75) is 13.0 Å². The molecule has 0 fully saturated rings. The van der Waals surface area contributed by atoms with Crippen molar-refractivity contribution < 1.29 is 4.79 Å². The highest BCUT2D eigenvalue weighted by molar-refractivity contribution is 6.31. The lowest BCUT2D eigenvalue weighted by Crippen LogP contribution is -2.38. The van der Waals surface area contributed by atoms with Gasteiger partial charge in [-0.25, -0.2) is 4.79 Å². The maximum atomic E-state index is 11.8. The summed E-state index contributed by atoms with van der Waals surface area (Å²) in [4.78, 5) is 11.8. The third-order valence-electron chi connectivity index (χ3n) is 4.04. The number of hydrogen-bond donors (Lipinski definition) is 2. The Morgan fingerprint density at radius 3 is 2.71 bits per heavy atom. The number of nitrogens with zero attached hydrogens (tertiary/aromatic N) is 2. The fraction of sp³-hybridized carbons (Fsp3) is 0.278. The van der Waals surface area contributed by atoms with Crippen molar-refractivity contribution in [2.75, 3.05) is 13.1 Å². The van der Waals surface area contributed by atoms with Gasteiger partial charge in [0.15, 0.2) is 0 Å². The second-order valence-electron chi connectivity index (χ2n) is 5.78. The molecule has 0 saturated carbocycles. The number of aryl methyl sites for hydroxylation is 1. The van der Waals surface area contributed by atoms with Gasteiger partial charge in [0, 0.05) is 61.2 Å². The molecule has 0 radical (unpaired) electrons. The summed E-state index contributed by atoms with van der Waals surface area (Å²) in [5.41, 5.74) is 2.31. The van der Waals surface area contributed by atoms with Gasteiger partial charge in [0.1, 0.15) is 0 Å². The van der Waals surface area contributed by atoms with E-state index in [-0.39, 0.29) is 6.03 Å². The highest BCUT2D eigenvalue weighted by atomic mass is 35.5. The molecule has 3 rings (SSSR count). The number of carbonyl (C=O) groups excluding carboxylic acids is 1. The van der Waals surface area contributed by atoms with Gasteiger partial charge in [-0.1, -0.05) is 17.7 Å². The van der Waals surface area contributed by atoms with Crippen LogP contribution in [0.15, 0.2) is 48.9 Å². The Bertz CT molecular complexity index is 823. The van der Waals surface area contributed by atoms with E-state index in [1.807, 2.05) is 54.3 Å². The lowest BCUT2D eigenvalue weighted by molar-refractivity contribution is 0.240. The fourth-order valence-corrected chi connectivity index (χ4v) is 3.00. The lowest BCUT2D eigenvalue weighted by atomic mass is 10.1. The third-order valence-corrected chi connectivity index (χ3v) is 4.27.